The summed E-state index contributed by atoms with van der Waals surface area (Å²) in [5, 5.41) is 11.4. The van der Waals surface area contributed by atoms with Crippen molar-refractivity contribution >= 4 is 29.7 Å². The number of hydrogen-bond donors (Lipinski definition) is 2. The molecule has 2 N–H and O–H groups in total. The summed E-state index contributed by atoms with van der Waals surface area (Å²) in [5.74, 6) is -0.410. The maximum absolute atomic E-state index is 11.6. The minimum atomic E-state index is -1.12. The predicted octanol–water partition coefficient (Wildman–Crippen LogP) is 1.28. The molecule has 1 saturated heterocycles. The first-order chi connectivity index (χ1) is 9.69. The van der Waals surface area contributed by atoms with Gasteiger partial charge in [0.05, 0.1) is 5.88 Å². The van der Waals surface area contributed by atoms with Crippen LogP contribution in [0.1, 0.15) is 33.6 Å². The number of likely N-dealkylation sites (tertiary alicyclic amines) is 1. The van der Waals surface area contributed by atoms with Gasteiger partial charge in [0, 0.05) is 18.7 Å². The zero-order chi connectivity index (χ0) is 16.0. The lowest BCUT2D eigenvalue weighted by Crippen LogP contribution is -2.45. The molecule has 7 nitrogen and oxygen atoms in total. The van der Waals surface area contributed by atoms with Gasteiger partial charge >= 0.3 is 12.1 Å². The molecule has 1 heterocycles. The Balaban J connectivity index is 2.38. The van der Waals surface area contributed by atoms with Crippen molar-refractivity contribution < 1.29 is 24.2 Å². The molecule has 0 aromatic heterocycles. The summed E-state index contributed by atoms with van der Waals surface area (Å²) < 4.78 is 5.03. The van der Waals surface area contributed by atoms with Crippen LogP contribution in [0.4, 0.5) is 4.79 Å². The Kier molecular flexibility index (Phi) is 6.32. The van der Waals surface area contributed by atoms with Gasteiger partial charge in [0.1, 0.15) is 11.6 Å². The van der Waals surface area contributed by atoms with E-state index in [2.05, 4.69) is 5.32 Å². The van der Waals surface area contributed by atoms with Gasteiger partial charge in [0.25, 0.3) is 0 Å². The van der Waals surface area contributed by atoms with E-state index in [4.69, 9.17) is 9.84 Å². The third-order valence-electron chi connectivity index (χ3n) is 2.69. The van der Waals surface area contributed by atoms with E-state index in [9.17, 15) is 14.4 Å². The Morgan fingerprint density at radius 1 is 1.48 bits per heavy atom. The SMILES string of the molecule is CC(C)(C)OC(=O)N[C@@H](CSCN1CCCC1=O)C(=O)O. The molecular formula is C13H22N2O5S. The van der Waals surface area contributed by atoms with E-state index < -0.39 is 23.7 Å². The van der Waals surface area contributed by atoms with E-state index in [1.165, 1.54) is 11.8 Å². The molecule has 120 valence electrons. The number of aliphatic carboxylic acids is 1. The predicted molar refractivity (Wildman–Crippen MR) is 79.1 cm³/mol. The summed E-state index contributed by atoms with van der Waals surface area (Å²) in [6.07, 6.45) is 0.643. The maximum Gasteiger partial charge on any atom is 0.408 e. The van der Waals surface area contributed by atoms with Crippen LogP contribution in [0.5, 0.6) is 0 Å². The van der Waals surface area contributed by atoms with Gasteiger partial charge in [-0.25, -0.2) is 9.59 Å². The molecule has 8 heteroatoms. The fraction of sp³-hybridized carbons (Fsp3) is 0.769. The molecule has 0 bridgehead atoms. The second-order valence-corrected chi connectivity index (χ2v) is 6.80. The van der Waals surface area contributed by atoms with Crippen LogP contribution >= 0.6 is 11.8 Å². The van der Waals surface area contributed by atoms with Crippen molar-refractivity contribution in [1.82, 2.24) is 10.2 Å². The number of nitrogens with zero attached hydrogens (tertiary/aromatic N) is 1. The number of hydrogen-bond acceptors (Lipinski definition) is 5. The molecule has 1 aliphatic rings. The van der Waals surface area contributed by atoms with Crippen LogP contribution in [0.25, 0.3) is 0 Å². The Morgan fingerprint density at radius 3 is 2.62 bits per heavy atom. The lowest BCUT2D eigenvalue weighted by Gasteiger charge is -2.22. The number of alkyl carbamates (subject to hydrolysis) is 1. The molecule has 1 fully saturated rings. The van der Waals surface area contributed by atoms with Crippen LogP contribution in [0.15, 0.2) is 0 Å². The summed E-state index contributed by atoms with van der Waals surface area (Å²) in [7, 11) is 0. The zero-order valence-electron chi connectivity index (χ0n) is 12.5. The van der Waals surface area contributed by atoms with E-state index in [1.807, 2.05) is 0 Å². The lowest BCUT2D eigenvalue weighted by molar-refractivity contribution is -0.138. The summed E-state index contributed by atoms with van der Waals surface area (Å²) in [4.78, 5) is 35.8. The van der Waals surface area contributed by atoms with E-state index in [0.717, 1.165) is 6.42 Å². The highest BCUT2D eigenvalue weighted by atomic mass is 32.2. The molecule has 0 spiro atoms. The standard InChI is InChI=1S/C13H22N2O5S/c1-13(2,3)20-12(19)14-9(11(17)18)7-21-8-15-6-4-5-10(15)16/h9H,4-8H2,1-3H3,(H,14,19)(H,17,18)/t9-/m0/s1. The number of amides is 2. The minimum Gasteiger partial charge on any atom is -0.480 e. The van der Waals surface area contributed by atoms with Gasteiger partial charge in [-0.05, 0) is 27.2 Å². The van der Waals surface area contributed by atoms with Crippen molar-refractivity contribution in [2.45, 2.75) is 45.3 Å². The van der Waals surface area contributed by atoms with E-state index in [1.54, 1.807) is 25.7 Å². The smallest absolute Gasteiger partial charge is 0.408 e. The molecule has 1 aliphatic heterocycles. The van der Waals surface area contributed by atoms with Crippen molar-refractivity contribution in [3.05, 3.63) is 0 Å². The number of carbonyl (C=O) groups is 3. The number of rotatable bonds is 6. The first kappa shape index (κ1) is 17.6. The second-order valence-electron chi connectivity index (χ2n) is 5.80. The van der Waals surface area contributed by atoms with Crippen LogP contribution in [-0.4, -0.2) is 57.8 Å². The normalized spacial score (nSPS) is 16.7. The van der Waals surface area contributed by atoms with Crippen LogP contribution in [-0.2, 0) is 14.3 Å². The zero-order valence-corrected chi connectivity index (χ0v) is 13.4. The van der Waals surface area contributed by atoms with E-state index >= 15 is 0 Å². The van der Waals surface area contributed by atoms with Crippen LogP contribution in [0.2, 0.25) is 0 Å². The topological polar surface area (TPSA) is 95.9 Å². The van der Waals surface area contributed by atoms with Gasteiger partial charge in [-0.3, -0.25) is 4.79 Å². The van der Waals surface area contributed by atoms with Gasteiger partial charge in [0.15, 0.2) is 0 Å². The number of carbonyl (C=O) groups excluding carboxylic acids is 2. The van der Waals surface area contributed by atoms with Crippen molar-refractivity contribution in [2.75, 3.05) is 18.2 Å². The fourth-order valence-electron chi connectivity index (χ4n) is 1.75. The summed E-state index contributed by atoms with van der Waals surface area (Å²) >= 11 is 1.30. The number of nitrogens with one attached hydrogen (secondary N) is 1. The fourth-order valence-corrected chi connectivity index (χ4v) is 2.81. The van der Waals surface area contributed by atoms with Crippen molar-refractivity contribution in [1.29, 1.82) is 0 Å². The molecule has 1 rings (SSSR count). The highest BCUT2D eigenvalue weighted by Crippen LogP contribution is 2.15. The van der Waals surface area contributed by atoms with Gasteiger partial charge in [-0.2, -0.15) is 0 Å². The molecule has 1 atom stereocenters. The molecule has 0 radical (unpaired) electrons. The number of carboxylic acids is 1. The highest BCUT2D eigenvalue weighted by Gasteiger charge is 2.25. The largest absolute Gasteiger partial charge is 0.480 e. The van der Waals surface area contributed by atoms with E-state index in [0.29, 0.717) is 18.8 Å². The molecule has 0 unspecified atom stereocenters. The molecule has 0 saturated carbocycles. The minimum absolute atomic E-state index is 0.0921. The highest BCUT2D eigenvalue weighted by molar-refractivity contribution is 7.99. The monoisotopic (exact) mass is 318 g/mol. The van der Waals surface area contributed by atoms with Gasteiger partial charge < -0.3 is 20.1 Å². The van der Waals surface area contributed by atoms with Crippen LogP contribution in [0.3, 0.4) is 0 Å². The Hall–Kier alpha value is -1.44. The lowest BCUT2D eigenvalue weighted by atomic mass is 10.2. The molecule has 0 aliphatic carbocycles. The van der Waals surface area contributed by atoms with Crippen LogP contribution < -0.4 is 5.32 Å². The van der Waals surface area contributed by atoms with Gasteiger partial charge in [0.2, 0.25) is 5.91 Å². The second kappa shape index (κ2) is 7.53. The summed E-state index contributed by atoms with van der Waals surface area (Å²) in [5.41, 5.74) is -0.678. The first-order valence-electron chi connectivity index (χ1n) is 6.77. The average molecular weight is 318 g/mol. The third-order valence-corrected chi connectivity index (χ3v) is 3.76. The molecule has 0 aromatic rings. The Morgan fingerprint density at radius 2 is 2.14 bits per heavy atom. The van der Waals surface area contributed by atoms with Crippen molar-refractivity contribution in [2.24, 2.45) is 0 Å². The van der Waals surface area contributed by atoms with Crippen LogP contribution in [0, 0.1) is 0 Å². The molecule has 21 heavy (non-hydrogen) atoms. The van der Waals surface area contributed by atoms with Crippen molar-refractivity contribution in [3.8, 4) is 0 Å². The number of carboxylic acid groups (broad SMARTS) is 1. The Bertz CT molecular complexity index is 408. The molecule has 0 aromatic carbocycles. The van der Waals surface area contributed by atoms with Gasteiger partial charge in [-0.1, -0.05) is 0 Å². The summed E-state index contributed by atoms with van der Waals surface area (Å²) in [6.45, 7) is 5.82. The summed E-state index contributed by atoms with van der Waals surface area (Å²) in [6, 6.07) is -1.04. The first-order valence-corrected chi connectivity index (χ1v) is 7.92. The number of thioether (sulfide) groups is 1. The average Bonchev–Trinajstić information content (AvgIpc) is 2.71. The molecule has 2 amide bonds. The number of ether oxygens (including phenoxy) is 1. The maximum atomic E-state index is 11.6. The molecular weight excluding hydrogens is 296 g/mol. The van der Waals surface area contributed by atoms with Crippen molar-refractivity contribution in [3.63, 3.8) is 0 Å². The quantitative estimate of drug-likeness (QED) is 0.766. The van der Waals surface area contributed by atoms with E-state index in [-0.39, 0.29) is 11.7 Å². The van der Waals surface area contributed by atoms with Gasteiger partial charge in [-0.15, -0.1) is 11.8 Å². The Labute approximate surface area is 128 Å². The third kappa shape index (κ3) is 6.70.